The molecule has 4 nitrogen and oxygen atoms in total. The summed E-state index contributed by atoms with van der Waals surface area (Å²) in [5.41, 5.74) is 2.88. The molecule has 0 saturated heterocycles. The van der Waals surface area contributed by atoms with E-state index in [2.05, 4.69) is 0 Å². The summed E-state index contributed by atoms with van der Waals surface area (Å²) in [7, 11) is 0. The van der Waals surface area contributed by atoms with Crippen LogP contribution in [0.4, 0.5) is 9.18 Å². The van der Waals surface area contributed by atoms with E-state index in [1.54, 1.807) is 17.0 Å². The summed E-state index contributed by atoms with van der Waals surface area (Å²) >= 11 is 1.85. The molecule has 0 atom stereocenters. The molecule has 31 heavy (non-hydrogen) atoms. The first-order valence-electron chi connectivity index (χ1n) is 11.2. The van der Waals surface area contributed by atoms with Crippen molar-refractivity contribution in [2.75, 3.05) is 6.54 Å². The van der Waals surface area contributed by atoms with Crippen molar-refractivity contribution in [3.8, 4) is 11.3 Å². The summed E-state index contributed by atoms with van der Waals surface area (Å²) in [6.45, 7) is 6.53. The molecule has 1 aromatic heterocycles. The zero-order valence-corrected chi connectivity index (χ0v) is 21.2. The van der Waals surface area contributed by atoms with E-state index < -0.39 is 6.09 Å². The van der Waals surface area contributed by atoms with Gasteiger partial charge in [0.25, 0.3) is 0 Å². The van der Waals surface area contributed by atoms with Crippen molar-refractivity contribution < 1.29 is 14.3 Å². The molecule has 1 saturated carbocycles. The van der Waals surface area contributed by atoms with Crippen LogP contribution in [-0.2, 0) is 12.8 Å². The van der Waals surface area contributed by atoms with Crippen LogP contribution in [-0.4, -0.2) is 48.9 Å². The van der Waals surface area contributed by atoms with Crippen molar-refractivity contribution in [3.63, 3.8) is 0 Å². The third-order valence-electron chi connectivity index (χ3n) is 6.45. The van der Waals surface area contributed by atoms with Gasteiger partial charge in [-0.1, -0.05) is 0 Å². The second kappa shape index (κ2) is 9.23. The molecule has 1 aromatic carbocycles. The van der Waals surface area contributed by atoms with Crippen LogP contribution in [0.5, 0.6) is 0 Å². The van der Waals surface area contributed by atoms with Gasteiger partial charge in [-0.2, -0.15) is 0 Å². The number of rotatable bonds is 4. The van der Waals surface area contributed by atoms with E-state index in [-0.39, 0.29) is 27.1 Å². The third kappa shape index (κ3) is 5.34. The number of carbonyl (C=O) groups is 1. The molecule has 1 amide bonds. The van der Waals surface area contributed by atoms with E-state index in [1.807, 2.05) is 38.2 Å². The predicted molar refractivity (Wildman–Crippen MR) is 125 cm³/mol. The average molecular weight is 506 g/mol. The first-order chi connectivity index (χ1) is 14.7. The summed E-state index contributed by atoms with van der Waals surface area (Å²) < 4.78 is 15.9. The summed E-state index contributed by atoms with van der Waals surface area (Å²) in [5.74, 6) is 0.272. The number of hydrogen-bond acceptors (Lipinski definition) is 3. The Balaban J connectivity index is 1.39. The molecule has 167 valence electrons. The van der Waals surface area contributed by atoms with Crippen LogP contribution >= 0.6 is 11.3 Å². The van der Waals surface area contributed by atoms with E-state index in [0.29, 0.717) is 17.2 Å². The van der Waals surface area contributed by atoms with Gasteiger partial charge in [0, 0.05) is 0 Å². The summed E-state index contributed by atoms with van der Waals surface area (Å²) in [6.07, 6.45) is 6.83. The Morgan fingerprint density at radius 2 is 2.00 bits per heavy atom. The molecule has 0 spiro atoms. The molecule has 1 N–H and O–H groups in total. The molecule has 1 fully saturated rings. The first kappa shape index (κ1) is 22.8. The molecule has 1 radical (unpaired) electrons. The van der Waals surface area contributed by atoms with Crippen LogP contribution in [0.1, 0.15) is 63.3 Å². The van der Waals surface area contributed by atoms with Gasteiger partial charge in [0.2, 0.25) is 0 Å². The minimum absolute atomic E-state index is 0.00369. The van der Waals surface area contributed by atoms with E-state index in [0.717, 1.165) is 56.2 Å². The predicted octanol–water partition coefficient (Wildman–Crippen LogP) is 5.52. The van der Waals surface area contributed by atoms with Gasteiger partial charge >= 0.3 is 195 Å². The Morgan fingerprint density at radius 1 is 1.26 bits per heavy atom. The second-order valence-corrected chi connectivity index (χ2v) is 14.5. The van der Waals surface area contributed by atoms with Crippen LogP contribution in [0.15, 0.2) is 18.2 Å². The summed E-state index contributed by atoms with van der Waals surface area (Å²) in [4.78, 5) is 19.6. The number of aryl methyl sites for hydroxylation is 2. The Hall–Kier alpha value is -1.39. The Bertz CT molecular complexity index is 948. The molecule has 0 bridgehead atoms. The molecule has 2 aliphatic carbocycles. The molecular formula is C24H31AsFN2O2S. The van der Waals surface area contributed by atoms with Crippen molar-refractivity contribution >= 4 is 37.0 Å². The van der Waals surface area contributed by atoms with Crippen molar-refractivity contribution in [2.45, 2.75) is 76.0 Å². The number of amides is 1. The normalized spacial score (nSPS) is 21.5. The fraction of sp³-hybridized carbons (Fsp3) is 0.583. The van der Waals surface area contributed by atoms with Crippen molar-refractivity contribution in [1.82, 2.24) is 9.88 Å². The van der Waals surface area contributed by atoms with Gasteiger partial charge in [0.05, 0.1) is 0 Å². The SMILES string of the molecule is CC(C)(C)N(CC1CCC([As]c2nc3c(s2)CCCc2ccc(F)cc2-3)CC1)C(=O)O. The number of hydrogen-bond donors (Lipinski definition) is 1. The molecule has 1 heterocycles. The van der Waals surface area contributed by atoms with Crippen molar-refractivity contribution in [2.24, 2.45) is 5.92 Å². The van der Waals surface area contributed by atoms with Gasteiger partial charge in [0.1, 0.15) is 0 Å². The van der Waals surface area contributed by atoms with Crippen LogP contribution < -0.4 is 3.80 Å². The third-order valence-corrected chi connectivity index (χ3v) is 11.0. The van der Waals surface area contributed by atoms with Crippen LogP contribution in [0.3, 0.4) is 0 Å². The molecule has 0 unspecified atom stereocenters. The van der Waals surface area contributed by atoms with E-state index in [9.17, 15) is 14.3 Å². The van der Waals surface area contributed by atoms with Gasteiger partial charge in [-0.05, 0) is 0 Å². The van der Waals surface area contributed by atoms with Gasteiger partial charge in [0.15, 0.2) is 0 Å². The maximum absolute atomic E-state index is 13.9. The van der Waals surface area contributed by atoms with Gasteiger partial charge < -0.3 is 0 Å². The fourth-order valence-corrected chi connectivity index (χ4v) is 9.57. The standard InChI is InChI=1S/C24H31AsFN2O2S/c1-24(2,3)28(23(29)30)14-15-7-10-17(11-8-15)25-22-27-21-19-13-18(26)12-9-16(19)5-4-6-20(21)31-22/h9,12-13,15,17H,4-8,10-11,14H2,1-3H3,(H,29,30). The Kier molecular flexibility index (Phi) is 6.78. The zero-order chi connectivity index (χ0) is 22.2. The summed E-state index contributed by atoms with van der Waals surface area (Å²) in [6, 6.07) is 5.15. The molecule has 7 heteroatoms. The number of halogens is 1. The average Bonchev–Trinajstić information content (AvgIpc) is 3.02. The minimum atomic E-state index is -0.818. The molecule has 2 aromatic rings. The van der Waals surface area contributed by atoms with Crippen molar-refractivity contribution in [1.29, 1.82) is 0 Å². The molecular weight excluding hydrogens is 474 g/mol. The molecule has 0 aliphatic heterocycles. The summed E-state index contributed by atoms with van der Waals surface area (Å²) in [5, 5.41) is 9.57. The fourth-order valence-electron chi connectivity index (χ4n) is 4.71. The number of aromatic nitrogens is 1. The number of thiazole rings is 1. The first-order valence-corrected chi connectivity index (χ1v) is 14.0. The maximum atomic E-state index is 13.9. The second-order valence-electron chi connectivity index (χ2n) is 9.79. The molecule has 4 rings (SSSR count). The Labute approximate surface area is 195 Å². The molecule has 2 aliphatic rings. The van der Waals surface area contributed by atoms with Gasteiger partial charge in [-0.25, -0.2) is 0 Å². The number of carboxylic acid groups (broad SMARTS) is 1. The van der Waals surface area contributed by atoms with Gasteiger partial charge in [-0.15, -0.1) is 0 Å². The van der Waals surface area contributed by atoms with E-state index >= 15 is 0 Å². The van der Waals surface area contributed by atoms with Crippen molar-refractivity contribution in [3.05, 3.63) is 34.5 Å². The Morgan fingerprint density at radius 3 is 2.68 bits per heavy atom. The van der Waals surface area contributed by atoms with E-state index in [1.165, 1.54) is 14.2 Å². The van der Waals surface area contributed by atoms with E-state index in [4.69, 9.17) is 4.98 Å². The topological polar surface area (TPSA) is 53.4 Å². The number of benzene rings is 1. The zero-order valence-electron chi connectivity index (χ0n) is 18.5. The quantitative estimate of drug-likeness (QED) is 0.557. The van der Waals surface area contributed by atoms with Crippen LogP contribution in [0.25, 0.3) is 11.3 Å². The van der Waals surface area contributed by atoms with Crippen LogP contribution in [0.2, 0.25) is 4.71 Å². The number of nitrogens with zero attached hydrogens (tertiary/aromatic N) is 2. The number of fused-ring (bicyclic) bond motifs is 3. The van der Waals surface area contributed by atoms with Crippen LogP contribution in [0, 0.1) is 11.7 Å². The van der Waals surface area contributed by atoms with Gasteiger partial charge in [-0.3, -0.25) is 0 Å². The monoisotopic (exact) mass is 505 g/mol.